The molecule has 2 aromatic carbocycles. The van der Waals surface area contributed by atoms with E-state index in [1.165, 1.54) is 10.4 Å². The van der Waals surface area contributed by atoms with Gasteiger partial charge in [0.1, 0.15) is 0 Å². The second kappa shape index (κ2) is 9.41. The van der Waals surface area contributed by atoms with Crippen LogP contribution in [0.3, 0.4) is 0 Å². The Balaban J connectivity index is 1.34. The summed E-state index contributed by atoms with van der Waals surface area (Å²) < 4.78 is 0. The number of carbonyl (C=O) groups excluding carboxylic acids is 2. The highest BCUT2D eigenvalue weighted by Crippen LogP contribution is 2.31. The molecule has 2 aliphatic heterocycles. The first-order chi connectivity index (χ1) is 16.5. The number of benzene rings is 2. The minimum Gasteiger partial charge on any atom is -0.336 e. The lowest BCUT2D eigenvalue weighted by Crippen LogP contribution is -2.47. The monoisotopic (exact) mass is 457 g/mol. The summed E-state index contributed by atoms with van der Waals surface area (Å²) in [5, 5.41) is 8.47. The zero-order valence-electron chi connectivity index (χ0n) is 19.9. The molecule has 7 heteroatoms. The molecule has 0 bridgehead atoms. The number of hydrogen-bond acceptors (Lipinski definition) is 4. The van der Waals surface area contributed by atoms with Gasteiger partial charge in [0, 0.05) is 31.2 Å². The fraction of sp³-hybridized carbons (Fsp3) is 0.407. The van der Waals surface area contributed by atoms with Crippen molar-refractivity contribution in [2.75, 3.05) is 18.0 Å². The van der Waals surface area contributed by atoms with E-state index in [9.17, 15) is 9.59 Å². The molecule has 2 aliphatic rings. The van der Waals surface area contributed by atoms with Gasteiger partial charge >= 0.3 is 0 Å². The van der Waals surface area contributed by atoms with Gasteiger partial charge in [0.25, 0.3) is 5.91 Å². The lowest BCUT2D eigenvalue weighted by Gasteiger charge is -2.39. The molecule has 34 heavy (non-hydrogen) atoms. The van der Waals surface area contributed by atoms with E-state index in [1.54, 1.807) is 12.4 Å². The first-order valence-electron chi connectivity index (χ1n) is 12.2. The quantitative estimate of drug-likeness (QED) is 0.589. The van der Waals surface area contributed by atoms with Crippen molar-refractivity contribution >= 4 is 17.5 Å². The van der Waals surface area contributed by atoms with Crippen LogP contribution in [0, 0.1) is 12.8 Å². The molecule has 0 saturated carbocycles. The third kappa shape index (κ3) is 4.34. The van der Waals surface area contributed by atoms with Gasteiger partial charge < -0.3 is 9.80 Å². The van der Waals surface area contributed by atoms with Gasteiger partial charge in [-0.05, 0) is 69.2 Å². The highest BCUT2D eigenvalue weighted by molar-refractivity contribution is 5.98. The third-order valence-corrected chi connectivity index (χ3v) is 7.13. The van der Waals surface area contributed by atoms with Crippen molar-refractivity contribution in [1.82, 2.24) is 19.9 Å². The Hall–Kier alpha value is -3.48. The van der Waals surface area contributed by atoms with Crippen LogP contribution in [0.15, 0.2) is 54.9 Å². The number of anilines is 1. The van der Waals surface area contributed by atoms with Crippen LogP contribution in [0.25, 0.3) is 5.69 Å². The molecule has 1 saturated heterocycles. The van der Waals surface area contributed by atoms with Gasteiger partial charge in [-0.15, -0.1) is 0 Å². The molecule has 2 atom stereocenters. The molecule has 1 fully saturated rings. The molecular weight excluding hydrogens is 426 g/mol. The van der Waals surface area contributed by atoms with E-state index in [0.29, 0.717) is 24.2 Å². The Labute approximate surface area is 200 Å². The number of para-hydroxylation sites is 1. The molecule has 176 valence electrons. The van der Waals surface area contributed by atoms with Crippen molar-refractivity contribution in [2.45, 2.75) is 52.0 Å². The van der Waals surface area contributed by atoms with Gasteiger partial charge in [0.15, 0.2) is 0 Å². The summed E-state index contributed by atoms with van der Waals surface area (Å²) in [5.74, 6) is 0.290. The van der Waals surface area contributed by atoms with Crippen LogP contribution in [0.4, 0.5) is 5.69 Å². The van der Waals surface area contributed by atoms with Gasteiger partial charge in [-0.1, -0.05) is 29.8 Å². The van der Waals surface area contributed by atoms with Crippen molar-refractivity contribution in [3.8, 4) is 5.69 Å². The highest BCUT2D eigenvalue weighted by Gasteiger charge is 2.33. The lowest BCUT2D eigenvalue weighted by atomic mass is 9.89. The maximum atomic E-state index is 13.7. The number of aromatic nitrogens is 3. The van der Waals surface area contributed by atoms with Gasteiger partial charge in [0.2, 0.25) is 5.91 Å². The standard InChI is InChI=1S/C27H31N5O2/c1-19-9-12-25(32-28-13-14-29-32)23(16-19)27(34)31-18-21(11-10-20(31)2)17-26(33)30-15-5-7-22-6-3-4-8-24(22)30/h3-4,6,8-9,12-14,16,20-21H,5,7,10-11,15,17-18H2,1-2H3. The van der Waals surface area contributed by atoms with Gasteiger partial charge in [-0.3, -0.25) is 9.59 Å². The summed E-state index contributed by atoms with van der Waals surface area (Å²) in [6, 6.07) is 14.1. The largest absolute Gasteiger partial charge is 0.336 e. The van der Waals surface area contributed by atoms with Gasteiger partial charge in [-0.25, -0.2) is 0 Å². The molecule has 1 aromatic heterocycles. The van der Waals surface area contributed by atoms with Crippen molar-refractivity contribution in [3.63, 3.8) is 0 Å². The summed E-state index contributed by atoms with van der Waals surface area (Å²) in [5.41, 5.74) is 4.58. The molecule has 5 rings (SSSR count). The number of fused-ring (bicyclic) bond motifs is 1. The molecule has 0 aliphatic carbocycles. The fourth-order valence-electron chi connectivity index (χ4n) is 5.27. The molecule has 0 spiro atoms. The normalized spacial score (nSPS) is 20.2. The Morgan fingerprint density at radius 3 is 2.65 bits per heavy atom. The van der Waals surface area contributed by atoms with E-state index in [1.807, 2.05) is 53.1 Å². The van der Waals surface area contributed by atoms with Crippen LogP contribution in [0.1, 0.15) is 54.1 Å². The van der Waals surface area contributed by atoms with Crippen molar-refractivity contribution < 1.29 is 9.59 Å². The SMILES string of the molecule is Cc1ccc(-n2nccn2)c(C(=O)N2CC(CC(=O)N3CCCc4ccccc43)CCC2C)c1. The van der Waals surface area contributed by atoms with Crippen LogP contribution >= 0.6 is 0 Å². The molecule has 2 amide bonds. The van der Waals surface area contributed by atoms with Gasteiger partial charge in [-0.2, -0.15) is 15.0 Å². The van der Waals surface area contributed by atoms with Crippen molar-refractivity contribution in [2.24, 2.45) is 5.92 Å². The van der Waals surface area contributed by atoms with Crippen LogP contribution in [0.5, 0.6) is 0 Å². The predicted octanol–water partition coefficient (Wildman–Crippen LogP) is 4.19. The maximum absolute atomic E-state index is 13.7. The van der Waals surface area contributed by atoms with Crippen molar-refractivity contribution in [3.05, 3.63) is 71.5 Å². The van der Waals surface area contributed by atoms with E-state index in [4.69, 9.17) is 0 Å². The number of amides is 2. The summed E-state index contributed by atoms with van der Waals surface area (Å²) in [4.78, 5) is 32.4. The zero-order chi connectivity index (χ0) is 23.7. The Morgan fingerprint density at radius 1 is 1.03 bits per heavy atom. The van der Waals surface area contributed by atoms with Crippen LogP contribution < -0.4 is 4.90 Å². The van der Waals surface area contributed by atoms with E-state index in [0.717, 1.165) is 43.5 Å². The lowest BCUT2D eigenvalue weighted by molar-refractivity contribution is -0.120. The topological polar surface area (TPSA) is 71.3 Å². The molecule has 0 N–H and O–H groups in total. The Bertz CT molecular complexity index is 1190. The maximum Gasteiger partial charge on any atom is 0.256 e. The first kappa shape index (κ1) is 22.3. The number of piperidine rings is 1. The number of nitrogens with zero attached hydrogens (tertiary/aromatic N) is 5. The second-order valence-electron chi connectivity index (χ2n) is 9.57. The molecular formula is C27H31N5O2. The number of aryl methyl sites for hydroxylation is 2. The van der Waals surface area contributed by atoms with Crippen molar-refractivity contribution in [1.29, 1.82) is 0 Å². The second-order valence-corrected chi connectivity index (χ2v) is 9.57. The average molecular weight is 458 g/mol. The van der Waals surface area contributed by atoms with Crippen LogP contribution in [-0.4, -0.2) is 50.8 Å². The van der Waals surface area contributed by atoms with E-state index >= 15 is 0 Å². The first-order valence-corrected chi connectivity index (χ1v) is 12.2. The highest BCUT2D eigenvalue weighted by atomic mass is 16.2. The Kier molecular flexibility index (Phi) is 6.18. The summed E-state index contributed by atoms with van der Waals surface area (Å²) in [6.07, 6.45) is 7.54. The number of rotatable bonds is 4. The van der Waals surface area contributed by atoms with E-state index in [-0.39, 0.29) is 23.8 Å². The Morgan fingerprint density at radius 2 is 1.82 bits per heavy atom. The molecule has 3 heterocycles. The zero-order valence-corrected chi connectivity index (χ0v) is 19.9. The molecule has 3 aromatic rings. The summed E-state index contributed by atoms with van der Waals surface area (Å²) >= 11 is 0. The third-order valence-electron chi connectivity index (χ3n) is 7.13. The van der Waals surface area contributed by atoms with Crippen LogP contribution in [0.2, 0.25) is 0 Å². The minimum absolute atomic E-state index is 0.0241. The fourth-order valence-corrected chi connectivity index (χ4v) is 5.27. The molecule has 2 unspecified atom stereocenters. The summed E-state index contributed by atoms with van der Waals surface area (Å²) in [7, 11) is 0. The summed E-state index contributed by atoms with van der Waals surface area (Å²) in [6.45, 7) is 5.43. The average Bonchev–Trinajstić information content (AvgIpc) is 3.39. The number of carbonyl (C=O) groups is 2. The van der Waals surface area contributed by atoms with E-state index in [2.05, 4.69) is 23.2 Å². The molecule has 7 nitrogen and oxygen atoms in total. The molecule has 0 radical (unpaired) electrons. The number of likely N-dealkylation sites (tertiary alicyclic amines) is 1. The predicted molar refractivity (Wildman–Crippen MR) is 131 cm³/mol. The van der Waals surface area contributed by atoms with Crippen LogP contribution in [-0.2, 0) is 11.2 Å². The number of hydrogen-bond donors (Lipinski definition) is 0. The van der Waals surface area contributed by atoms with Gasteiger partial charge in [0.05, 0.1) is 23.6 Å². The smallest absolute Gasteiger partial charge is 0.256 e. The van der Waals surface area contributed by atoms with E-state index < -0.39 is 0 Å². The minimum atomic E-state index is -0.0241.